The molecule has 2 aromatic carbocycles. The molecule has 2 atom stereocenters. The average molecular weight is 497 g/mol. The lowest BCUT2D eigenvalue weighted by Gasteiger charge is -2.47. The summed E-state index contributed by atoms with van der Waals surface area (Å²) in [7, 11) is -3.61. The molecule has 168 valence electrons. The SMILES string of the molecule is CS(=O)(=O)C(c1cc(F)cc(F)c1)C1CN([C@H](c2ccc(Cl)cc2)c2ccc(Cl)nc2)C1. The first kappa shape index (κ1) is 23.1. The van der Waals surface area contributed by atoms with Gasteiger partial charge >= 0.3 is 0 Å². The zero-order valence-electron chi connectivity index (χ0n) is 17.1. The molecule has 1 aromatic heterocycles. The molecule has 0 saturated carbocycles. The third kappa shape index (κ3) is 4.96. The highest BCUT2D eigenvalue weighted by Crippen LogP contribution is 2.42. The number of benzene rings is 2. The number of halogens is 4. The first-order valence-corrected chi connectivity index (χ1v) is 12.6. The van der Waals surface area contributed by atoms with Crippen LogP contribution in [0.25, 0.3) is 0 Å². The van der Waals surface area contributed by atoms with Crippen LogP contribution < -0.4 is 0 Å². The fourth-order valence-electron chi connectivity index (χ4n) is 4.37. The average Bonchev–Trinajstić information content (AvgIpc) is 2.67. The number of pyridine rings is 1. The number of aromatic nitrogens is 1. The van der Waals surface area contributed by atoms with E-state index in [1.54, 1.807) is 24.4 Å². The van der Waals surface area contributed by atoms with Gasteiger partial charge in [0.05, 0.1) is 11.3 Å². The van der Waals surface area contributed by atoms with Gasteiger partial charge in [0, 0.05) is 42.5 Å². The second-order valence-electron chi connectivity index (χ2n) is 8.04. The molecule has 4 nitrogen and oxygen atoms in total. The monoisotopic (exact) mass is 496 g/mol. The van der Waals surface area contributed by atoms with Crippen LogP contribution in [0, 0.1) is 17.6 Å². The number of nitrogens with zero attached hydrogens (tertiary/aromatic N) is 2. The highest BCUT2D eigenvalue weighted by molar-refractivity contribution is 7.90. The number of likely N-dealkylation sites (tertiary alicyclic amines) is 1. The van der Waals surface area contributed by atoms with Gasteiger partial charge in [-0.05, 0) is 47.0 Å². The lowest BCUT2D eigenvalue weighted by Crippen LogP contribution is -2.52. The summed E-state index contributed by atoms with van der Waals surface area (Å²) in [6, 6.07) is 13.7. The van der Waals surface area contributed by atoms with E-state index in [1.807, 2.05) is 18.2 Å². The van der Waals surface area contributed by atoms with E-state index in [4.69, 9.17) is 23.2 Å². The van der Waals surface area contributed by atoms with E-state index in [0.29, 0.717) is 23.3 Å². The Morgan fingerprint density at radius 1 is 0.938 bits per heavy atom. The highest BCUT2D eigenvalue weighted by Gasteiger charge is 2.43. The molecule has 0 spiro atoms. The van der Waals surface area contributed by atoms with Crippen LogP contribution in [-0.4, -0.2) is 37.6 Å². The molecule has 1 unspecified atom stereocenters. The van der Waals surface area contributed by atoms with Crippen molar-refractivity contribution in [3.8, 4) is 0 Å². The van der Waals surface area contributed by atoms with Crippen molar-refractivity contribution in [2.75, 3.05) is 19.3 Å². The van der Waals surface area contributed by atoms with Crippen molar-refractivity contribution in [3.05, 3.63) is 99.3 Å². The van der Waals surface area contributed by atoms with E-state index in [9.17, 15) is 17.2 Å². The van der Waals surface area contributed by atoms with Gasteiger partial charge in [-0.3, -0.25) is 4.90 Å². The quantitative estimate of drug-likeness (QED) is 0.424. The number of rotatable bonds is 6. The maximum absolute atomic E-state index is 13.8. The predicted molar refractivity (Wildman–Crippen MR) is 122 cm³/mol. The van der Waals surface area contributed by atoms with Crippen molar-refractivity contribution < 1.29 is 17.2 Å². The van der Waals surface area contributed by atoms with Crippen LogP contribution in [-0.2, 0) is 9.84 Å². The second kappa shape index (κ2) is 9.06. The zero-order chi connectivity index (χ0) is 23.0. The van der Waals surface area contributed by atoms with E-state index in [-0.39, 0.29) is 17.5 Å². The lowest BCUT2D eigenvalue weighted by molar-refractivity contribution is 0.0653. The molecular weight excluding hydrogens is 477 g/mol. The maximum atomic E-state index is 13.8. The van der Waals surface area contributed by atoms with Gasteiger partial charge in [0.1, 0.15) is 16.8 Å². The Kier molecular flexibility index (Phi) is 6.54. The van der Waals surface area contributed by atoms with E-state index < -0.39 is 26.7 Å². The zero-order valence-corrected chi connectivity index (χ0v) is 19.4. The maximum Gasteiger partial charge on any atom is 0.154 e. The summed E-state index contributed by atoms with van der Waals surface area (Å²) in [5, 5.41) is -0.0259. The standard InChI is InChI=1S/C23H20Cl2F2N2O2S/c1-32(30,31)23(16-8-19(26)10-20(27)9-16)17-12-29(13-17)22(14-2-5-18(24)6-3-14)15-4-7-21(25)28-11-15/h2-11,17,22-23H,12-13H2,1H3/t22-,23?/m1/s1. The van der Waals surface area contributed by atoms with Crippen LogP contribution in [0.4, 0.5) is 8.78 Å². The second-order valence-corrected chi connectivity index (χ2v) is 11.0. The number of hydrogen-bond donors (Lipinski definition) is 0. The van der Waals surface area contributed by atoms with Gasteiger partial charge in [-0.2, -0.15) is 0 Å². The van der Waals surface area contributed by atoms with Crippen molar-refractivity contribution in [2.24, 2.45) is 5.92 Å². The minimum absolute atomic E-state index is 0.130. The van der Waals surface area contributed by atoms with E-state index >= 15 is 0 Å². The Balaban J connectivity index is 1.64. The molecule has 0 amide bonds. The molecular formula is C23H20Cl2F2N2O2S. The Labute approximate surface area is 195 Å². The van der Waals surface area contributed by atoms with Crippen molar-refractivity contribution in [2.45, 2.75) is 11.3 Å². The molecule has 0 radical (unpaired) electrons. The summed E-state index contributed by atoms with van der Waals surface area (Å²) in [5.41, 5.74) is 1.98. The molecule has 2 heterocycles. The van der Waals surface area contributed by atoms with Crippen LogP contribution in [0.5, 0.6) is 0 Å². The fraction of sp³-hybridized carbons (Fsp3) is 0.261. The Morgan fingerprint density at radius 3 is 2.06 bits per heavy atom. The molecule has 1 aliphatic heterocycles. The van der Waals surface area contributed by atoms with Gasteiger partial charge in [0.2, 0.25) is 0 Å². The van der Waals surface area contributed by atoms with Crippen molar-refractivity contribution in [1.82, 2.24) is 9.88 Å². The molecule has 1 aliphatic rings. The molecule has 4 rings (SSSR count). The van der Waals surface area contributed by atoms with Crippen molar-refractivity contribution >= 4 is 33.0 Å². The summed E-state index contributed by atoms with van der Waals surface area (Å²) in [4.78, 5) is 6.28. The van der Waals surface area contributed by atoms with Gasteiger partial charge in [-0.1, -0.05) is 41.4 Å². The molecule has 32 heavy (non-hydrogen) atoms. The normalized spacial score (nSPS) is 17.0. The topological polar surface area (TPSA) is 50.3 Å². The van der Waals surface area contributed by atoms with Crippen LogP contribution in [0.1, 0.15) is 28.0 Å². The van der Waals surface area contributed by atoms with Gasteiger partial charge < -0.3 is 0 Å². The molecule has 1 saturated heterocycles. The van der Waals surface area contributed by atoms with E-state index in [1.165, 1.54) is 0 Å². The summed E-state index contributed by atoms with van der Waals surface area (Å²) >= 11 is 12.0. The Morgan fingerprint density at radius 2 is 1.53 bits per heavy atom. The lowest BCUT2D eigenvalue weighted by atomic mass is 9.87. The number of hydrogen-bond acceptors (Lipinski definition) is 4. The summed E-state index contributed by atoms with van der Waals surface area (Å²) in [5.74, 6) is -1.91. The van der Waals surface area contributed by atoms with Crippen molar-refractivity contribution in [1.29, 1.82) is 0 Å². The fourth-order valence-corrected chi connectivity index (χ4v) is 6.11. The van der Waals surface area contributed by atoms with Crippen LogP contribution >= 0.6 is 23.2 Å². The minimum Gasteiger partial charge on any atom is -0.292 e. The van der Waals surface area contributed by atoms with Crippen LogP contribution in [0.15, 0.2) is 60.8 Å². The largest absolute Gasteiger partial charge is 0.292 e. The molecule has 0 bridgehead atoms. The van der Waals surface area contributed by atoms with Crippen LogP contribution in [0.2, 0.25) is 10.2 Å². The molecule has 9 heteroatoms. The third-order valence-corrected chi connectivity index (χ3v) is 7.71. The number of sulfone groups is 1. The Hall–Kier alpha value is -2.06. The van der Waals surface area contributed by atoms with Gasteiger partial charge in [-0.25, -0.2) is 22.2 Å². The molecule has 0 aliphatic carbocycles. The highest BCUT2D eigenvalue weighted by atomic mass is 35.5. The van der Waals surface area contributed by atoms with E-state index in [0.717, 1.165) is 35.6 Å². The molecule has 3 aromatic rings. The van der Waals surface area contributed by atoms with E-state index in [2.05, 4.69) is 9.88 Å². The van der Waals surface area contributed by atoms with Crippen molar-refractivity contribution in [3.63, 3.8) is 0 Å². The van der Waals surface area contributed by atoms with Gasteiger partial charge in [0.25, 0.3) is 0 Å². The van der Waals surface area contributed by atoms with Gasteiger partial charge in [0.15, 0.2) is 9.84 Å². The van der Waals surface area contributed by atoms with Gasteiger partial charge in [-0.15, -0.1) is 0 Å². The molecule has 0 N–H and O–H groups in total. The summed E-state index contributed by atoms with van der Waals surface area (Å²) in [6.07, 6.45) is 2.79. The minimum atomic E-state index is -3.61. The molecule has 1 fully saturated rings. The van der Waals surface area contributed by atoms with Crippen LogP contribution in [0.3, 0.4) is 0 Å². The third-order valence-electron chi connectivity index (χ3n) is 5.66. The first-order valence-electron chi connectivity index (χ1n) is 9.87. The Bertz CT molecular complexity index is 1150. The summed E-state index contributed by atoms with van der Waals surface area (Å²) in [6.45, 7) is 0.845. The summed E-state index contributed by atoms with van der Waals surface area (Å²) < 4.78 is 52.8. The first-order chi connectivity index (χ1) is 15.1. The smallest absolute Gasteiger partial charge is 0.154 e. The predicted octanol–water partition coefficient (Wildman–Crippen LogP) is 5.47.